The number of hydrogen-bond donors (Lipinski definition) is 1. The SMILES string of the molecule is CCC(=O)N(CCN)C(C(=O)Br)C(C)C. The van der Waals surface area contributed by atoms with E-state index in [1.165, 1.54) is 0 Å². The number of hydrogen-bond acceptors (Lipinski definition) is 3. The molecule has 0 aromatic carbocycles. The normalized spacial score (nSPS) is 12.7. The van der Waals surface area contributed by atoms with Crippen LogP contribution >= 0.6 is 15.9 Å². The Morgan fingerprint density at radius 1 is 1.40 bits per heavy atom. The molecule has 88 valence electrons. The van der Waals surface area contributed by atoms with Gasteiger partial charge in [0.15, 0.2) is 0 Å². The third kappa shape index (κ3) is 4.30. The van der Waals surface area contributed by atoms with Crippen LogP contribution in [0.4, 0.5) is 0 Å². The molecule has 4 nitrogen and oxygen atoms in total. The molecule has 2 N–H and O–H groups in total. The molecule has 0 fully saturated rings. The number of halogens is 1. The minimum absolute atomic E-state index is 0.0352. The van der Waals surface area contributed by atoms with Gasteiger partial charge in [-0.3, -0.25) is 9.59 Å². The Morgan fingerprint density at radius 2 is 1.93 bits per heavy atom. The Balaban J connectivity index is 4.83. The van der Waals surface area contributed by atoms with Crippen LogP contribution in [0.5, 0.6) is 0 Å². The van der Waals surface area contributed by atoms with Crippen LogP contribution in [0.1, 0.15) is 27.2 Å². The van der Waals surface area contributed by atoms with Crippen molar-refractivity contribution < 1.29 is 9.59 Å². The summed E-state index contributed by atoms with van der Waals surface area (Å²) in [7, 11) is 0. The van der Waals surface area contributed by atoms with Gasteiger partial charge >= 0.3 is 0 Å². The Hall–Kier alpha value is -0.420. The van der Waals surface area contributed by atoms with Crippen LogP contribution < -0.4 is 5.73 Å². The van der Waals surface area contributed by atoms with Gasteiger partial charge in [-0.2, -0.15) is 0 Å². The average molecular weight is 279 g/mol. The van der Waals surface area contributed by atoms with E-state index in [2.05, 4.69) is 15.9 Å². The van der Waals surface area contributed by atoms with Crippen molar-refractivity contribution in [3.8, 4) is 0 Å². The zero-order valence-electron chi connectivity index (χ0n) is 9.50. The Kier molecular flexibility index (Phi) is 6.76. The average Bonchev–Trinajstić information content (AvgIpc) is 2.14. The largest absolute Gasteiger partial charge is 0.330 e. The number of nitrogens with zero attached hydrogens (tertiary/aromatic N) is 1. The molecule has 0 aliphatic carbocycles. The van der Waals surface area contributed by atoms with Crippen molar-refractivity contribution in [3.05, 3.63) is 0 Å². The van der Waals surface area contributed by atoms with Crippen LogP contribution in [0.25, 0.3) is 0 Å². The van der Waals surface area contributed by atoms with Crippen molar-refractivity contribution in [3.63, 3.8) is 0 Å². The summed E-state index contributed by atoms with van der Waals surface area (Å²) in [5.41, 5.74) is 5.44. The smallest absolute Gasteiger partial charge is 0.222 e. The molecule has 1 atom stereocenters. The lowest BCUT2D eigenvalue weighted by atomic mass is 10.0. The first-order chi connectivity index (χ1) is 6.95. The molecule has 0 aromatic rings. The summed E-state index contributed by atoms with van der Waals surface area (Å²) >= 11 is 2.94. The van der Waals surface area contributed by atoms with Crippen molar-refractivity contribution in [1.29, 1.82) is 0 Å². The first kappa shape index (κ1) is 14.6. The Bertz CT molecular complexity index is 231. The van der Waals surface area contributed by atoms with E-state index in [9.17, 15) is 9.59 Å². The number of rotatable bonds is 6. The number of nitrogens with two attached hydrogens (primary N) is 1. The molecule has 0 bridgehead atoms. The van der Waals surface area contributed by atoms with Crippen molar-refractivity contribution in [2.45, 2.75) is 33.2 Å². The van der Waals surface area contributed by atoms with Crippen LogP contribution in [-0.4, -0.2) is 34.6 Å². The Morgan fingerprint density at radius 3 is 2.20 bits per heavy atom. The molecular weight excluding hydrogens is 260 g/mol. The molecule has 0 heterocycles. The molecule has 5 heteroatoms. The van der Waals surface area contributed by atoms with Gasteiger partial charge in [0.05, 0.1) is 0 Å². The summed E-state index contributed by atoms with van der Waals surface area (Å²) < 4.78 is -0.159. The number of carbonyl (C=O) groups is 2. The summed E-state index contributed by atoms with van der Waals surface area (Å²) in [5, 5.41) is 0. The molecular formula is C10H19BrN2O2. The van der Waals surface area contributed by atoms with E-state index in [-0.39, 0.29) is 16.5 Å². The summed E-state index contributed by atoms with van der Waals surface area (Å²) in [6.45, 7) is 6.40. The minimum Gasteiger partial charge on any atom is -0.330 e. The van der Waals surface area contributed by atoms with E-state index in [4.69, 9.17) is 5.73 Å². The van der Waals surface area contributed by atoms with E-state index in [0.717, 1.165) is 0 Å². The van der Waals surface area contributed by atoms with E-state index < -0.39 is 6.04 Å². The second kappa shape index (κ2) is 6.95. The van der Waals surface area contributed by atoms with Crippen molar-refractivity contribution in [2.75, 3.05) is 13.1 Å². The molecule has 0 spiro atoms. The predicted molar refractivity (Wildman–Crippen MR) is 63.6 cm³/mol. The van der Waals surface area contributed by atoms with Gasteiger partial charge in [-0.1, -0.05) is 20.8 Å². The second-order valence-corrected chi connectivity index (χ2v) is 4.50. The lowest BCUT2D eigenvalue weighted by Gasteiger charge is -2.31. The maximum atomic E-state index is 11.6. The van der Waals surface area contributed by atoms with Gasteiger partial charge in [0.1, 0.15) is 6.04 Å². The molecule has 0 aromatic heterocycles. The van der Waals surface area contributed by atoms with Crippen molar-refractivity contribution in [1.82, 2.24) is 4.90 Å². The van der Waals surface area contributed by atoms with Gasteiger partial charge in [0.2, 0.25) is 10.6 Å². The number of amides is 1. The topological polar surface area (TPSA) is 63.4 Å². The maximum Gasteiger partial charge on any atom is 0.222 e. The third-order valence-electron chi connectivity index (χ3n) is 2.19. The fourth-order valence-corrected chi connectivity index (χ4v) is 2.28. The van der Waals surface area contributed by atoms with Crippen LogP contribution in [0.2, 0.25) is 0 Å². The lowest BCUT2D eigenvalue weighted by molar-refractivity contribution is -0.137. The molecule has 1 amide bonds. The molecule has 0 rings (SSSR count). The first-order valence-corrected chi connectivity index (χ1v) is 5.93. The van der Waals surface area contributed by atoms with Crippen LogP contribution in [0, 0.1) is 5.92 Å². The van der Waals surface area contributed by atoms with Gasteiger partial charge in [-0.25, -0.2) is 0 Å². The van der Waals surface area contributed by atoms with Crippen LogP contribution in [0.15, 0.2) is 0 Å². The number of carbonyl (C=O) groups excluding carboxylic acids is 2. The highest BCUT2D eigenvalue weighted by molar-refractivity contribution is 9.18. The van der Waals surface area contributed by atoms with Crippen LogP contribution in [-0.2, 0) is 9.59 Å². The summed E-state index contributed by atoms with van der Waals surface area (Å²) in [5.74, 6) is 0.0471. The molecule has 15 heavy (non-hydrogen) atoms. The quantitative estimate of drug-likeness (QED) is 0.741. The monoisotopic (exact) mass is 278 g/mol. The maximum absolute atomic E-state index is 11.6. The van der Waals surface area contributed by atoms with Gasteiger partial charge in [-0.15, -0.1) is 0 Å². The molecule has 1 unspecified atom stereocenters. The fourth-order valence-electron chi connectivity index (χ4n) is 1.51. The third-order valence-corrected chi connectivity index (χ3v) is 2.66. The first-order valence-electron chi connectivity index (χ1n) is 5.14. The second-order valence-electron chi connectivity index (χ2n) is 3.72. The van der Waals surface area contributed by atoms with Crippen LogP contribution in [0.3, 0.4) is 0 Å². The summed E-state index contributed by atoms with van der Waals surface area (Å²) in [6, 6.07) is -0.416. The highest BCUT2D eigenvalue weighted by atomic mass is 79.9. The molecule has 0 aliphatic heterocycles. The van der Waals surface area contributed by atoms with E-state index in [1.807, 2.05) is 13.8 Å². The zero-order valence-corrected chi connectivity index (χ0v) is 11.1. The highest BCUT2D eigenvalue weighted by Gasteiger charge is 2.29. The molecule has 0 saturated heterocycles. The van der Waals surface area contributed by atoms with E-state index in [1.54, 1.807) is 11.8 Å². The van der Waals surface area contributed by atoms with Crippen molar-refractivity contribution >= 4 is 26.5 Å². The summed E-state index contributed by atoms with van der Waals surface area (Å²) in [6.07, 6.45) is 0.392. The highest BCUT2D eigenvalue weighted by Crippen LogP contribution is 2.15. The van der Waals surface area contributed by atoms with Gasteiger partial charge in [-0.05, 0) is 21.8 Å². The predicted octanol–water partition coefficient (Wildman–Crippen LogP) is 1.13. The zero-order chi connectivity index (χ0) is 12.0. The fraction of sp³-hybridized carbons (Fsp3) is 0.800. The van der Waals surface area contributed by atoms with E-state index in [0.29, 0.717) is 19.5 Å². The van der Waals surface area contributed by atoms with Gasteiger partial charge in [0, 0.05) is 19.5 Å². The van der Waals surface area contributed by atoms with E-state index >= 15 is 0 Å². The Labute approximate surface area is 99.3 Å². The molecule has 0 saturated carbocycles. The van der Waals surface area contributed by atoms with Gasteiger partial charge in [0.25, 0.3) is 0 Å². The summed E-state index contributed by atoms with van der Waals surface area (Å²) in [4.78, 5) is 24.6. The molecule has 0 aliphatic rings. The van der Waals surface area contributed by atoms with Crippen molar-refractivity contribution in [2.24, 2.45) is 11.7 Å². The standard InChI is InChI=1S/C10H19BrN2O2/c1-4-8(14)13(6-5-12)9(7(2)3)10(11)15/h7,9H,4-6,12H2,1-3H3. The lowest BCUT2D eigenvalue weighted by Crippen LogP contribution is -2.48. The van der Waals surface area contributed by atoms with Gasteiger partial charge < -0.3 is 10.6 Å². The molecule has 0 radical (unpaired) electrons. The minimum atomic E-state index is -0.416.